The van der Waals surface area contributed by atoms with E-state index in [2.05, 4.69) is 15.4 Å². The molecule has 1 N–H and O–H groups in total. The van der Waals surface area contributed by atoms with E-state index in [-0.39, 0.29) is 6.10 Å². The number of ether oxygens (including phenoxy) is 2. The van der Waals surface area contributed by atoms with Crippen molar-refractivity contribution >= 4 is 0 Å². The van der Waals surface area contributed by atoms with E-state index in [0.717, 1.165) is 10.8 Å². The highest BCUT2D eigenvalue weighted by Crippen LogP contribution is 2.27. The summed E-state index contributed by atoms with van der Waals surface area (Å²) in [7, 11) is 1.44. The number of fused-ring (bicyclic) bond motifs is 1. The molecule has 1 atom stereocenters. The third-order valence-electron chi connectivity index (χ3n) is 3.68. The molecule has 1 unspecified atom stereocenters. The van der Waals surface area contributed by atoms with Crippen LogP contribution in [0.4, 0.5) is 0 Å². The summed E-state index contributed by atoms with van der Waals surface area (Å²) in [5, 5.41) is 7.11. The highest BCUT2D eigenvalue weighted by atomic mass is 16.6. The van der Waals surface area contributed by atoms with Crippen LogP contribution in [0, 0.1) is 0 Å². The minimum Gasteiger partial charge on any atom is -0.480 e. The van der Waals surface area contributed by atoms with Gasteiger partial charge in [0.05, 0.1) is 0 Å². The SMILES string of the molecule is Cn1c(=O)cnn(CCCNCC2COc3ncccc3O2)c1=O. The Labute approximate surface area is 137 Å². The second-order valence-corrected chi connectivity index (χ2v) is 5.46. The van der Waals surface area contributed by atoms with Gasteiger partial charge in [-0.15, -0.1) is 0 Å². The predicted octanol–water partition coefficient (Wildman–Crippen LogP) is -0.843. The molecule has 0 saturated heterocycles. The molecule has 0 radical (unpaired) electrons. The lowest BCUT2D eigenvalue weighted by molar-refractivity contribution is 0.0857. The van der Waals surface area contributed by atoms with Crippen molar-refractivity contribution in [3.63, 3.8) is 0 Å². The van der Waals surface area contributed by atoms with E-state index in [1.54, 1.807) is 12.3 Å². The maximum absolute atomic E-state index is 11.8. The van der Waals surface area contributed by atoms with E-state index in [9.17, 15) is 9.59 Å². The molecule has 128 valence electrons. The number of nitrogens with one attached hydrogen (secondary N) is 1. The van der Waals surface area contributed by atoms with Gasteiger partial charge in [-0.2, -0.15) is 5.10 Å². The van der Waals surface area contributed by atoms with Crippen molar-refractivity contribution in [2.45, 2.75) is 19.1 Å². The molecule has 0 fully saturated rings. The van der Waals surface area contributed by atoms with Crippen LogP contribution >= 0.6 is 0 Å². The number of hydrogen-bond acceptors (Lipinski definition) is 7. The Morgan fingerprint density at radius 2 is 2.29 bits per heavy atom. The van der Waals surface area contributed by atoms with Gasteiger partial charge in [-0.3, -0.25) is 9.36 Å². The molecule has 0 saturated carbocycles. The standard InChI is InChI=1S/C15H19N5O4/c1-19-13(21)9-18-20(15(19)22)7-3-5-16-8-11-10-23-14-12(24-11)4-2-6-17-14/h2,4,6,9,11,16H,3,5,7-8,10H2,1H3. The highest BCUT2D eigenvalue weighted by molar-refractivity contribution is 5.34. The third kappa shape index (κ3) is 3.62. The third-order valence-corrected chi connectivity index (χ3v) is 3.68. The highest BCUT2D eigenvalue weighted by Gasteiger charge is 2.20. The van der Waals surface area contributed by atoms with Crippen molar-refractivity contribution < 1.29 is 9.47 Å². The summed E-state index contributed by atoms with van der Waals surface area (Å²) < 4.78 is 13.7. The quantitative estimate of drug-likeness (QED) is 0.688. The molecule has 9 heteroatoms. The summed E-state index contributed by atoms with van der Waals surface area (Å²) in [5.74, 6) is 1.17. The summed E-state index contributed by atoms with van der Waals surface area (Å²) >= 11 is 0. The summed E-state index contributed by atoms with van der Waals surface area (Å²) in [6, 6.07) is 3.63. The number of nitrogens with zero attached hydrogens (tertiary/aromatic N) is 4. The first-order chi connectivity index (χ1) is 11.6. The van der Waals surface area contributed by atoms with Gasteiger partial charge in [-0.1, -0.05) is 0 Å². The summed E-state index contributed by atoms with van der Waals surface area (Å²) in [4.78, 5) is 27.2. The van der Waals surface area contributed by atoms with Crippen LogP contribution in [0.25, 0.3) is 0 Å². The smallest absolute Gasteiger partial charge is 0.347 e. The van der Waals surface area contributed by atoms with Gasteiger partial charge in [0.1, 0.15) is 18.9 Å². The van der Waals surface area contributed by atoms with Crippen LogP contribution in [0.5, 0.6) is 11.6 Å². The number of aryl methyl sites for hydroxylation is 1. The first kappa shape index (κ1) is 16.2. The molecule has 0 spiro atoms. The van der Waals surface area contributed by atoms with Gasteiger partial charge in [-0.05, 0) is 25.1 Å². The van der Waals surface area contributed by atoms with Crippen molar-refractivity contribution in [2.75, 3.05) is 19.7 Å². The fourth-order valence-corrected chi connectivity index (χ4v) is 2.35. The lowest BCUT2D eigenvalue weighted by Gasteiger charge is -2.25. The Balaban J connectivity index is 1.42. The second kappa shape index (κ2) is 7.26. The predicted molar refractivity (Wildman–Crippen MR) is 85.4 cm³/mol. The van der Waals surface area contributed by atoms with Crippen LogP contribution in [-0.2, 0) is 13.6 Å². The fourth-order valence-electron chi connectivity index (χ4n) is 2.35. The van der Waals surface area contributed by atoms with Gasteiger partial charge in [0.15, 0.2) is 5.75 Å². The van der Waals surface area contributed by atoms with Crippen LogP contribution in [0.3, 0.4) is 0 Å². The Hall–Kier alpha value is -2.68. The van der Waals surface area contributed by atoms with Crippen LogP contribution in [0.1, 0.15) is 6.42 Å². The number of aromatic nitrogens is 4. The minimum atomic E-state index is -0.407. The Morgan fingerprint density at radius 1 is 1.42 bits per heavy atom. The molecule has 2 aromatic rings. The average molecular weight is 333 g/mol. The van der Waals surface area contributed by atoms with Crippen molar-refractivity contribution in [2.24, 2.45) is 7.05 Å². The molecule has 0 aromatic carbocycles. The summed E-state index contributed by atoms with van der Waals surface area (Å²) in [5.41, 5.74) is -0.811. The number of rotatable bonds is 6. The number of hydrogen-bond donors (Lipinski definition) is 1. The molecule has 1 aliphatic heterocycles. The Morgan fingerprint density at radius 3 is 3.17 bits per heavy atom. The van der Waals surface area contributed by atoms with Crippen LogP contribution in [0.2, 0.25) is 0 Å². The molecule has 0 amide bonds. The van der Waals surface area contributed by atoms with Crippen molar-refractivity contribution in [3.05, 3.63) is 45.4 Å². The zero-order valence-corrected chi connectivity index (χ0v) is 13.3. The molecule has 9 nitrogen and oxygen atoms in total. The first-order valence-corrected chi connectivity index (χ1v) is 7.73. The number of pyridine rings is 1. The Bertz CT molecular complexity index is 816. The maximum Gasteiger partial charge on any atom is 0.347 e. The maximum atomic E-state index is 11.8. The van der Waals surface area contributed by atoms with Gasteiger partial charge >= 0.3 is 5.69 Å². The zero-order valence-electron chi connectivity index (χ0n) is 13.3. The van der Waals surface area contributed by atoms with Crippen LogP contribution in [0.15, 0.2) is 34.1 Å². The second-order valence-electron chi connectivity index (χ2n) is 5.46. The molecule has 1 aliphatic rings. The van der Waals surface area contributed by atoms with Gasteiger partial charge in [-0.25, -0.2) is 14.5 Å². The summed E-state index contributed by atoms with van der Waals surface area (Å²) in [6.45, 7) is 2.20. The van der Waals surface area contributed by atoms with E-state index >= 15 is 0 Å². The fraction of sp³-hybridized carbons (Fsp3) is 0.467. The minimum absolute atomic E-state index is 0.0832. The monoisotopic (exact) mass is 333 g/mol. The largest absolute Gasteiger partial charge is 0.480 e. The van der Waals surface area contributed by atoms with Crippen molar-refractivity contribution in [1.29, 1.82) is 0 Å². The van der Waals surface area contributed by atoms with Gasteiger partial charge in [0.25, 0.3) is 11.4 Å². The lowest BCUT2D eigenvalue weighted by atomic mass is 10.3. The van der Waals surface area contributed by atoms with E-state index in [1.807, 2.05) is 6.07 Å². The van der Waals surface area contributed by atoms with Crippen molar-refractivity contribution in [1.82, 2.24) is 24.6 Å². The topological polar surface area (TPSA) is 100 Å². The van der Waals surface area contributed by atoms with E-state index < -0.39 is 11.2 Å². The molecule has 3 rings (SSSR count). The summed E-state index contributed by atoms with van der Waals surface area (Å²) in [6.07, 6.45) is 3.43. The molecule has 3 heterocycles. The molecule has 24 heavy (non-hydrogen) atoms. The Kier molecular flexibility index (Phi) is 4.90. The molecular formula is C15H19N5O4. The zero-order chi connectivity index (χ0) is 16.9. The average Bonchev–Trinajstić information content (AvgIpc) is 2.61. The lowest BCUT2D eigenvalue weighted by Crippen LogP contribution is -2.40. The van der Waals surface area contributed by atoms with Crippen LogP contribution in [-0.4, -0.2) is 45.1 Å². The molecule has 0 bridgehead atoms. The van der Waals surface area contributed by atoms with E-state index in [0.29, 0.717) is 44.3 Å². The normalized spacial score (nSPS) is 16.1. The van der Waals surface area contributed by atoms with Crippen molar-refractivity contribution in [3.8, 4) is 11.6 Å². The van der Waals surface area contributed by atoms with Gasteiger partial charge < -0.3 is 14.8 Å². The first-order valence-electron chi connectivity index (χ1n) is 7.73. The van der Waals surface area contributed by atoms with Gasteiger partial charge in [0.2, 0.25) is 0 Å². The van der Waals surface area contributed by atoms with Crippen LogP contribution < -0.4 is 26.0 Å². The molecular weight excluding hydrogens is 314 g/mol. The molecule has 2 aromatic heterocycles. The van der Waals surface area contributed by atoms with E-state index in [4.69, 9.17) is 9.47 Å². The molecule has 0 aliphatic carbocycles. The van der Waals surface area contributed by atoms with E-state index in [1.165, 1.54) is 11.7 Å². The van der Waals surface area contributed by atoms with Gasteiger partial charge in [0, 0.05) is 26.3 Å².